The van der Waals surface area contributed by atoms with Crippen LogP contribution in [-0.2, 0) is 9.53 Å². The lowest BCUT2D eigenvalue weighted by atomic mass is 9.88. The van der Waals surface area contributed by atoms with Crippen molar-refractivity contribution >= 4 is 5.97 Å². The Morgan fingerprint density at radius 2 is 2.29 bits per heavy atom. The summed E-state index contributed by atoms with van der Waals surface area (Å²) in [5.41, 5.74) is -0.464. The zero-order chi connectivity index (χ0) is 12.3. The Morgan fingerprint density at radius 1 is 1.47 bits per heavy atom. The zero-order valence-electron chi connectivity index (χ0n) is 10.9. The highest BCUT2D eigenvalue weighted by molar-refractivity contribution is 5.80. The van der Waals surface area contributed by atoms with Crippen molar-refractivity contribution in [2.24, 2.45) is 5.92 Å². The minimum Gasteiger partial charge on any atom is -0.468 e. The lowest BCUT2D eigenvalue weighted by Gasteiger charge is -2.26. The van der Waals surface area contributed by atoms with E-state index >= 15 is 0 Å². The van der Waals surface area contributed by atoms with Gasteiger partial charge in [-0.3, -0.25) is 4.79 Å². The van der Waals surface area contributed by atoms with Crippen LogP contribution in [0.1, 0.15) is 39.0 Å². The Hall–Kier alpha value is -0.610. The summed E-state index contributed by atoms with van der Waals surface area (Å²) < 4.78 is 4.86. The first-order valence-electron chi connectivity index (χ1n) is 6.71. The van der Waals surface area contributed by atoms with Crippen LogP contribution in [0, 0.1) is 5.92 Å². The molecule has 0 aromatic rings. The number of methoxy groups -OCH3 is 1. The lowest BCUT2D eigenvalue weighted by Crippen LogP contribution is -2.45. The van der Waals surface area contributed by atoms with E-state index in [2.05, 4.69) is 10.6 Å². The van der Waals surface area contributed by atoms with Crippen LogP contribution >= 0.6 is 0 Å². The highest BCUT2D eigenvalue weighted by atomic mass is 16.5. The average molecular weight is 240 g/mol. The molecular weight excluding hydrogens is 216 g/mol. The summed E-state index contributed by atoms with van der Waals surface area (Å²) in [5, 5.41) is 6.89. The Labute approximate surface area is 103 Å². The first kappa shape index (κ1) is 12.8. The van der Waals surface area contributed by atoms with Crippen LogP contribution in [0.25, 0.3) is 0 Å². The van der Waals surface area contributed by atoms with Gasteiger partial charge in [0.15, 0.2) is 0 Å². The van der Waals surface area contributed by atoms with Crippen molar-refractivity contribution in [1.29, 1.82) is 0 Å². The number of hydrogen-bond acceptors (Lipinski definition) is 4. The van der Waals surface area contributed by atoms with Crippen LogP contribution in [-0.4, -0.2) is 37.7 Å². The monoisotopic (exact) mass is 240 g/mol. The van der Waals surface area contributed by atoms with Crippen LogP contribution in [0.4, 0.5) is 0 Å². The largest absolute Gasteiger partial charge is 0.468 e. The summed E-state index contributed by atoms with van der Waals surface area (Å²) in [6, 6.07) is 0.649. The predicted octanol–water partition coefficient (Wildman–Crippen LogP) is 1.06. The van der Waals surface area contributed by atoms with E-state index in [-0.39, 0.29) is 5.97 Å². The fourth-order valence-electron chi connectivity index (χ4n) is 3.17. The molecule has 0 spiro atoms. The SMILES string of the molecule is COC(=O)C1(C)CC(CC2CCCCN2)CN1. The fraction of sp³-hybridized carbons (Fsp3) is 0.923. The van der Waals surface area contributed by atoms with E-state index in [0.29, 0.717) is 12.0 Å². The molecule has 0 saturated carbocycles. The molecular formula is C13H24N2O2. The van der Waals surface area contributed by atoms with Crippen molar-refractivity contribution in [2.75, 3.05) is 20.2 Å². The maximum Gasteiger partial charge on any atom is 0.325 e. The number of carbonyl (C=O) groups is 1. The second kappa shape index (κ2) is 5.36. The van der Waals surface area contributed by atoms with E-state index in [9.17, 15) is 4.79 Å². The molecule has 3 atom stereocenters. The molecule has 2 saturated heterocycles. The third-order valence-electron chi connectivity index (χ3n) is 4.14. The summed E-state index contributed by atoms with van der Waals surface area (Å²) in [7, 11) is 1.46. The van der Waals surface area contributed by atoms with Gasteiger partial charge in [0.25, 0.3) is 0 Å². The minimum atomic E-state index is -0.464. The Bertz CT molecular complexity index is 277. The van der Waals surface area contributed by atoms with Crippen LogP contribution in [0.5, 0.6) is 0 Å². The molecule has 0 aliphatic carbocycles. The Kier molecular flexibility index (Phi) is 4.05. The van der Waals surface area contributed by atoms with Gasteiger partial charge in [0.2, 0.25) is 0 Å². The molecule has 2 heterocycles. The summed E-state index contributed by atoms with van der Waals surface area (Å²) in [4.78, 5) is 11.7. The highest BCUT2D eigenvalue weighted by Crippen LogP contribution is 2.29. The fourth-order valence-corrected chi connectivity index (χ4v) is 3.17. The van der Waals surface area contributed by atoms with Gasteiger partial charge in [0.05, 0.1) is 7.11 Å². The second-order valence-corrected chi connectivity index (χ2v) is 5.66. The van der Waals surface area contributed by atoms with Gasteiger partial charge in [-0.1, -0.05) is 6.42 Å². The van der Waals surface area contributed by atoms with Crippen molar-refractivity contribution in [2.45, 2.75) is 50.6 Å². The van der Waals surface area contributed by atoms with Crippen molar-refractivity contribution in [3.8, 4) is 0 Å². The van der Waals surface area contributed by atoms with Gasteiger partial charge in [-0.2, -0.15) is 0 Å². The maximum atomic E-state index is 11.7. The molecule has 0 radical (unpaired) electrons. The highest BCUT2D eigenvalue weighted by Gasteiger charge is 2.42. The normalized spacial score (nSPS) is 38.0. The number of ether oxygens (including phenoxy) is 1. The van der Waals surface area contributed by atoms with Gasteiger partial charge in [-0.15, -0.1) is 0 Å². The molecule has 2 fully saturated rings. The number of nitrogens with one attached hydrogen (secondary N) is 2. The van der Waals surface area contributed by atoms with Gasteiger partial charge in [-0.25, -0.2) is 0 Å². The molecule has 4 nitrogen and oxygen atoms in total. The van der Waals surface area contributed by atoms with Crippen molar-refractivity contribution in [1.82, 2.24) is 10.6 Å². The number of carbonyl (C=O) groups excluding carboxylic acids is 1. The first-order valence-corrected chi connectivity index (χ1v) is 6.71. The van der Waals surface area contributed by atoms with Gasteiger partial charge in [-0.05, 0) is 51.6 Å². The smallest absolute Gasteiger partial charge is 0.325 e. The van der Waals surface area contributed by atoms with E-state index in [1.54, 1.807) is 0 Å². The van der Waals surface area contributed by atoms with Gasteiger partial charge >= 0.3 is 5.97 Å². The van der Waals surface area contributed by atoms with E-state index in [1.165, 1.54) is 32.8 Å². The van der Waals surface area contributed by atoms with Crippen LogP contribution in [0.2, 0.25) is 0 Å². The third-order valence-corrected chi connectivity index (χ3v) is 4.14. The number of rotatable bonds is 3. The van der Waals surface area contributed by atoms with Gasteiger partial charge < -0.3 is 15.4 Å². The average Bonchev–Trinajstić information content (AvgIpc) is 2.72. The maximum absolute atomic E-state index is 11.7. The molecule has 3 unspecified atom stereocenters. The number of piperidine rings is 1. The molecule has 98 valence electrons. The van der Waals surface area contributed by atoms with E-state index in [0.717, 1.165) is 19.5 Å². The molecule has 2 N–H and O–H groups in total. The standard InChI is InChI=1S/C13H24N2O2/c1-13(12(16)17-2)8-10(9-15-13)7-11-5-3-4-6-14-11/h10-11,14-15H,3-9H2,1-2H3. The third kappa shape index (κ3) is 2.99. The molecule has 17 heavy (non-hydrogen) atoms. The molecule has 0 aromatic carbocycles. The van der Waals surface area contributed by atoms with Crippen molar-refractivity contribution in [3.63, 3.8) is 0 Å². The quantitative estimate of drug-likeness (QED) is 0.724. The molecule has 2 aliphatic rings. The van der Waals surface area contributed by atoms with E-state index in [4.69, 9.17) is 4.74 Å². The summed E-state index contributed by atoms with van der Waals surface area (Å²) in [6.07, 6.45) is 6.01. The molecule has 0 amide bonds. The number of hydrogen-bond donors (Lipinski definition) is 2. The van der Waals surface area contributed by atoms with Crippen LogP contribution in [0.3, 0.4) is 0 Å². The number of esters is 1. The summed E-state index contributed by atoms with van der Waals surface area (Å²) >= 11 is 0. The zero-order valence-corrected chi connectivity index (χ0v) is 10.9. The Balaban J connectivity index is 1.82. The second-order valence-electron chi connectivity index (χ2n) is 5.66. The summed E-state index contributed by atoms with van der Waals surface area (Å²) in [6.45, 7) is 4.04. The topological polar surface area (TPSA) is 50.4 Å². The molecule has 2 aliphatic heterocycles. The van der Waals surface area contributed by atoms with Crippen molar-refractivity contribution in [3.05, 3.63) is 0 Å². The molecule has 0 bridgehead atoms. The van der Waals surface area contributed by atoms with E-state index < -0.39 is 5.54 Å². The minimum absolute atomic E-state index is 0.128. The lowest BCUT2D eigenvalue weighted by molar-refractivity contribution is -0.147. The van der Waals surface area contributed by atoms with Crippen molar-refractivity contribution < 1.29 is 9.53 Å². The van der Waals surface area contributed by atoms with E-state index in [1.807, 2.05) is 6.92 Å². The van der Waals surface area contributed by atoms with Gasteiger partial charge in [0.1, 0.15) is 5.54 Å². The van der Waals surface area contributed by atoms with Crippen LogP contribution in [0.15, 0.2) is 0 Å². The molecule has 4 heteroatoms. The van der Waals surface area contributed by atoms with Gasteiger partial charge in [0, 0.05) is 6.04 Å². The summed E-state index contributed by atoms with van der Waals surface area (Å²) in [5.74, 6) is 0.464. The van der Waals surface area contributed by atoms with Crippen LogP contribution < -0.4 is 10.6 Å². The predicted molar refractivity (Wildman–Crippen MR) is 66.8 cm³/mol. The first-order chi connectivity index (χ1) is 8.14. The molecule has 0 aromatic heterocycles. The Morgan fingerprint density at radius 3 is 2.94 bits per heavy atom. The molecule has 2 rings (SSSR count).